The first kappa shape index (κ1) is 18.5. The molecular formula is C19H26N4O3. The number of amides is 1. The van der Waals surface area contributed by atoms with E-state index in [1.165, 1.54) is 6.33 Å². The first-order valence-corrected chi connectivity index (χ1v) is 9.06. The molecule has 2 heterocycles. The summed E-state index contributed by atoms with van der Waals surface area (Å²) in [6.45, 7) is 1.41. The molecule has 2 atom stereocenters. The van der Waals surface area contributed by atoms with Crippen molar-refractivity contribution < 1.29 is 15.0 Å². The Morgan fingerprint density at radius 2 is 2.12 bits per heavy atom. The smallest absolute Gasteiger partial charge is 0.222 e. The topological polar surface area (TPSA) is 91.5 Å². The highest BCUT2D eigenvalue weighted by atomic mass is 16.3. The third kappa shape index (κ3) is 4.28. The number of aliphatic hydroxyl groups excluding tert-OH is 2. The van der Waals surface area contributed by atoms with Crippen LogP contribution in [0.3, 0.4) is 0 Å². The van der Waals surface area contributed by atoms with E-state index in [2.05, 4.69) is 10.1 Å². The molecule has 0 aliphatic carbocycles. The molecule has 0 radical (unpaired) electrons. The summed E-state index contributed by atoms with van der Waals surface area (Å²) >= 11 is 0. The Morgan fingerprint density at radius 1 is 1.31 bits per heavy atom. The van der Waals surface area contributed by atoms with Gasteiger partial charge in [0.1, 0.15) is 12.7 Å². The molecule has 140 valence electrons. The molecule has 1 saturated heterocycles. The summed E-state index contributed by atoms with van der Waals surface area (Å²) in [5.41, 5.74) is 0.349. The highest BCUT2D eigenvalue weighted by molar-refractivity contribution is 5.76. The van der Waals surface area contributed by atoms with Crippen molar-refractivity contribution in [2.75, 3.05) is 19.7 Å². The van der Waals surface area contributed by atoms with E-state index >= 15 is 0 Å². The van der Waals surface area contributed by atoms with Gasteiger partial charge in [-0.2, -0.15) is 5.10 Å². The average Bonchev–Trinajstić information content (AvgIpc) is 3.18. The minimum atomic E-state index is -0.707. The first-order chi connectivity index (χ1) is 12.6. The van der Waals surface area contributed by atoms with Gasteiger partial charge >= 0.3 is 0 Å². The van der Waals surface area contributed by atoms with Gasteiger partial charge in [-0.05, 0) is 24.8 Å². The highest BCUT2D eigenvalue weighted by Gasteiger charge is 2.43. The third-order valence-electron chi connectivity index (χ3n) is 5.20. The molecule has 0 unspecified atom stereocenters. The maximum Gasteiger partial charge on any atom is 0.222 e. The Morgan fingerprint density at radius 3 is 2.81 bits per heavy atom. The van der Waals surface area contributed by atoms with E-state index in [4.69, 9.17) is 0 Å². The van der Waals surface area contributed by atoms with Gasteiger partial charge in [0.05, 0.1) is 12.7 Å². The lowest BCUT2D eigenvalue weighted by Crippen LogP contribution is -2.56. The van der Waals surface area contributed by atoms with Crippen LogP contribution in [-0.4, -0.2) is 61.6 Å². The molecule has 0 saturated carbocycles. The van der Waals surface area contributed by atoms with Crippen LogP contribution in [0.5, 0.6) is 0 Å². The minimum Gasteiger partial charge on any atom is -0.396 e. The Balaban J connectivity index is 1.61. The molecule has 1 aliphatic rings. The number of hydrogen-bond donors (Lipinski definition) is 2. The first-order valence-electron chi connectivity index (χ1n) is 9.06. The predicted molar refractivity (Wildman–Crippen MR) is 96.1 cm³/mol. The van der Waals surface area contributed by atoms with Crippen molar-refractivity contribution in [3.8, 4) is 0 Å². The SMILES string of the molecule is O=C(CCCn1cncn1)N1CC[C@@H](O)[C@@](CO)(Cc2ccccc2)C1. The van der Waals surface area contributed by atoms with Crippen molar-refractivity contribution in [2.45, 2.75) is 38.3 Å². The van der Waals surface area contributed by atoms with Crippen LogP contribution in [0.4, 0.5) is 0 Å². The van der Waals surface area contributed by atoms with Crippen LogP contribution in [-0.2, 0) is 17.8 Å². The predicted octanol–water partition coefficient (Wildman–Crippen LogP) is 0.873. The van der Waals surface area contributed by atoms with E-state index in [0.717, 1.165) is 5.56 Å². The molecule has 7 heteroatoms. The monoisotopic (exact) mass is 358 g/mol. The lowest BCUT2D eigenvalue weighted by Gasteiger charge is -2.45. The molecule has 1 aromatic carbocycles. The average molecular weight is 358 g/mol. The fourth-order valence-electron chi connectivity index (χ4n) is 3.65. The third-order valence-corrected chi connectivity index (χ3v) is 5.20. The van der Waals surface area contributed by atoms with Crippen LogP contribution in [0.2, 0.25) is 0 Å². The molecule has 0 spiro atoms. The zero-order valence-electron chi connectivity index (χ0n) is 14.9. The minimum absolute atomic E-state index is 0.0582. The number of carbonyl (C=O) groups excluding carboxylic acids is 1. The molecular weight excluding hydrogens is 332 g/mol. The number of carbonyl (C=O) groups is 1. The van der Waals surface area contributed by atoms with Crippen LogP contribution in [0.25, 0.3) is 0 Å². The molecule has 26 heavy (non-hydrogen) atoms. The number of aromatic nitrogens is 3. The maximum absolute atomic E-state index is 12.6. The summed E-state index contributed by atoms with van der Waals surface area (Å²) in [6.07, 6.45) is 4.64. The van der Waals surface area contributed by atoms with Crippen LogP contribution >= 0.6 is 0 Å². The maximum atomic E-state index is 12.6. The fourth-order valence-corrected chi connectivity index (χ4v) is 3.65. The van der Waals surface area contributed by atoms with Crippen molar-refractivity contribution in [3.63, 3.8) is 0 Å². The number of aryl methyl sites for hydroxylation is 1. The summed E-state index contributed by atoms with van der Waals surface area (Å²) in [5, 5.41) is 24.7. The lowest BCUT2D eigenvalue weighted by molar-refractivity contribution is -0.142. The standard InChI is InChI=1S/C19H26N4O3/c24-13-19(11-16-5-2-1-3-6-16)12-22(10-8-17(19)25)18(26)7-4-9-23-15-20-14-21-23/h1-3,5-6,14-15,17,24-25H,4,7-13H2/t17-,19+/m1/s1. The Bertz CT molecular complexity index is 692. The Labute approximate surface area is 153 Å². The molecule has 1 aliphatic heterocycles. The van der Waals surface area contributed by atoms with Crippen molar-refractivity contribution in [1.29, 1.82) is 0 Å². The number of nitrogens with zero attached hydrogens (tertiary/aromatic N) is 4. The summed E-state index contributed by atoms with van der Waals surface area (Å²) in [6, 6.07) is 9.81. The van der Waals surface area contributed by atoms with E-state index in [1.54, 1.807) is 15.9 Å². The normalized spacial score (nSPS) is 23.2. The quantitative estimate of drug-likeness (QED) is 0.766. The second-order valence-electron chi connectivity index (χ2n) is 7.06. The Hall–Kier alpha value is -2.25. The summed E-state index contributed by atoms with van der Waals surface area (Å²) in [5.74, 6) is 0.0582. The molecule has 2 N–H and O–H groups in total. The highest BCUT2D eigenvalue weighted by Crippen LogP contribution is 2.34. The summed E-state index contributed by atoms with van der Waals surface area (Å²) in [4.78, 5) is 18.3. The van der Waals surface area contributed by atoms with E-state index in [-0.39, 0.29) is 12.5 Å². The number of rotatable bonds is 7. The van der Waals surface area contributed by atoms with Gasteiger partial charge in [-0.1, -0.05) is 30.3 Å². The summed E-state index contributed by atoms with van der Waals surface area (Å²) < 4.78 is 1.71. The molecule has 3 rings (SSSR count). The molecule has 0 bridgehead atoms. The number of likely N-dealkylation sites (tertiary alicyclic amines) is 1. The largest absolute Gasteiger partial charge is 0.396 e. The molecule has 1 amide bonds. The van der Waals surface area contributed by atoms with Crippen molar-refractivity contribution >= 4 is 5.91 Å². The van der Waals surface area contributed by atoms with E-state index in [1.807, 2.05) is 30.3 Å². The zero-order chi connectivity index (χ0) is 18.4. The van der Waals surface area contributed by atoms with Gasteiger partial charge < -0.3 is 15.1 Å². The van der Waals surface area contributed by atoms with Crippen LogP contribution in [0, 0.1) is 5.41 Å². The zero-order valence-corrected chi connectivity index (χ0v) is 14.9. The van der Waals surface area contributed by atoms with Gasteiger partial charge in [0, 0.05) is 31.5 Å². The van der Waals surface area contributed by atoms with E-state index in [0.29, 0.717) is 45.3 Å². The number of aliphatic hydroxyl groups is 2. The van der Waals surface area contributed by atoms with Crippen molar-refractivity contribution in [1.82, 2.24) is 19.7 Å². The van der Waals surface area contributed by atoms with Gasteiger partial charge in [-0.25, -0.2) is 4.98 Å². The van der Waals surface area contributed by atoms with Crippen LogP contribution in [0.15, 0.2) is 43.0 Å². The fraction of sp³-hybridized carbons (Fsp3) is 0.526. The molecule has 2 aromatic rings. The van der Waals surface area contributed by atoms with Gasteiger partial charge in [0.15, 0.2) is 0 Å². The van der Waals surface area contributed by atoms with Gasteiger partial charge in [-0.3, -0.25) is 9.48 Å². The second-order valence-corrected chi connectivity index (χ2v) is 7.06. The van der Waals surface area contributed by atoms with Crippen LogP contribution in [0.1, 0.15) is 24.8 Å². The number of hydrogen-bond acceptors (Lipinski definition) is 5. The van der Waals surface area contributed by atoms with Crippen LogP contribution < -0.4 is 0 Å². The Kier molecular flexibility index (Phi) is 6.00. The molecule has 1 fully saturated rings. The van der Waals surface area contributed by atoms with Gasteiger partial charge in [-0.15, -0.1) is 0 Å². The molecule has 1 aromatic heterocycles. The van der Waals surface area contributed by atoms with Crippen molar-refractivity contribution in [2.24, 2.45) is 5.41 Å². The number of piperidine rings is 1. The lowest BCUT2D eigenvalue weighted by atomic mass is 9.73. The molecule has 7 nitrogen and oxygen atoms in total. The number of benzene rings is 1. The van der Waals surface area contributed by atoms with E-state index < -0.39 is 11.5 Å². The van der Waals surface area contributed by atoms with Gasteiger partial charge in [0.25, 0.3) is 0 Å². The second kappa shape index (κ2) is 8.42. The summed E-state index contributed by atoms with van der Waals surface area (Å²) in [7, 11) is 0. The van der Waals surface area contributed by atoms with Crippen molar-refractivity contribution in [3.05, 3.63) is 48.5 Å². The van der Waals surface area contributed by atoms with Gasteiger partial charge in [0.2, 0.25) is 5.91 Å². The van der Waals surface area contributed by atoms with E-state index in [9.17, 15) is 15.0 Å².